The Hall–Kier alpha value is -1.44. The molecule has 0 spiro atoms. The molecule has 1 unspecified atom stereocenters. The van der Waals surface area contributed by atoms with Gasteiger partial charge in [-0.05, 0) is 24.6 Å². The Morgan fingerprint density at radius 2 is 2.41 bits per heavy atom. The molecule has 90 valence electrons. The summed E-state index contributed by atoms with van der Waals surface area (Å²) >= 11 is 1.50. The molecule has 0 saturated carbocycles. The standard InChI is InChI=1S/C13H16N2OS/c1-3-7-15-13(16)10(2)17-12-6-4-5-11(8-12)9-14/h1,4-6,8,10H,7,9,14H2,2H3,(H,15,16). The van der Waals surface area contributed by atoms with Crippen LogP contribution >= 0.6 is 11.8 Å². The average Bonchev–Trinajstić information content (AvgIpc) is 2.36. The number of terminal acetylenes is 1. The van der Waals surface area contributed by atoms with E-state index in [1.807, 2.05) is 31.2 Å². The van der Waals surface area contributed by atoms with Gasteiger partial charge in [0, 0.05) is 11.4 Å². The molecule has 0 aliphatic carbocycles. The van der Waals surface area contributed by atoms with Crippen LogP contribution in [0.3, 0.4) is 0 Å². The van der Waals surface area contributed by atoms with Gasteiger partial charge in [0.15, 0.2) is 0 Å². The molecule has 0 aliphatic rings. The highest BCUT2D eigenvalue weighted by atomic mass is 32.2. The number of hydrogen-bond donors (Lipinski definition) is 2. The van der Waals surface area contributed by atoms with Crippen molar-refractivity contribution in [3.05, 3.63) is 29.8 Å². The molecule has 1 aromatic carbocycles. The van der Waals surface area contributed by atoms with E-state index in [1.54, 1.807) is 0 Å². The molecule has 0 bridgehead atoms. The third kappa shape index (κ3) is 4.51. The minimum absolute atomic E-state index is 0.0499. The van der Waals surface area contributed by atoms with Crippen molar-refractivity contribution in [2.24, 2.45) is 5.73 Å². The second-order valence-corrected chi connectivity index (χ2v) is 4.95. The third-order valence-electron chi connectivity index (χ3n) is 2.18. The van der Waals surface area contributed by atoms with Gasteiger partial charge in [0.1, 0.15) is 0 Å². The van der Waals surface area contributed by atoms with Crippen LogP contribution in [0.5, 0.6) is 0 Å². The molecule has 17 heavy (non-hydrogen) atoms. The SMILES string of the molecule is C#CCNC(=O)C(C)Sc1cccc(CN)c1. The number of carbonyl (C=O) groups is 1. The van der Waals surface area contributed by atoms with E-state index in [-0.39, 0.29) is 17.7 Å². The number of nitrogens with one attached hydrogen (secondary N) is 1. The Labute approximate surface area is 106 Å². The summed E-state index contributed by atoms with van der Waals surface area (Å²) in [6.45, 7) is 2.63. The van der Waals surface area contributed by atoms with E-state index in [0.29, 0.717) is 6.54 Å². The summed E-state index contributed by atoms with van der Waals surface area (Å²) in [5, 5.41) is 2.49. The molecule has 0 radical (unpaired) electrons. The number of benzene rings is 1. The first-order valence-electron chi connectivity index (χ1n) is 5.34. The zero-order valence-electron chi connectivity index (χ0n) is 9.77. The Morgan fingerprint density at radius 1 is 1.65 bits per heavy atom. The molecule has 0 fully saturated rings. The van der Waals surface area contributed by atoms with Gasteiger partial charge in [-0.1, -0.05) is 18.1 Å². The molecule has 1 amide bonds. The van der Waals surface area contributed by atoms with Crippen LogP contribution < -0.4 is 11.1 Å². The van der Waals surface area contributed by atoms with Crippen molar-refractivity contribution in [2.45, 2.75) is 23.6 Å². The smallest absolute Gasteiger partial charge is 0.233 e. The summed E-state index contributed by atoms with van der Waals surface area (Å²) < 4.78 is 0. The Balaban J connectivity index is 2.58. The highest BCUT2D eigenvalue weighted by Gasteiger charge is 2.13. The van der Waals surface area contributed by atoms with Crippen LogP contribution in [-0.2, 0) is 11.3 Å². The Morgan fingerprint density at radius 3 is 3.06 bits per heavy atom. The largest absolute Gasteiger partial charge is 0.344 e. The van der Waals surface area contributed by atoms with Gasteiger partial charge in [-0.15, -0.1) is 18.2 Å². The van der Waals surface area contributed by atoms with Crippen molar-refractivity contribution >= 4 is 17.7 Å². The third-order valence-corrected chi connectivity index (χ3v) is 3.27. The first-order valence-corrected chi connectivity index (χ1v) is 6.22. The molecule has 1 atom stereocenters. The molecule has 0 saturated heterocycles. The van der Waals surface area contributed by atoms with Gasteiger partial charge in [0.2, 0.25) is 5.91 Å². The molecular weight excluding hydrogens is 232 g/mol. The Kier molecular flexibility index (Phi) is 5.61. The first kappa shape index (κ1) is 13.6. The number of rotatable bonds is 5. The van der Waals surface area contributed by atoms with E-state index < -0.39 is 0 Å². The van der Waals surface area contributed by atoms with Crippen LogP contribution in [0.15, 0.2) is 29.2 Å². The normalized spacial score (nSPS) is 11.6. The summed E-state index contributed by atoms with van der Waals surface area (Å²) in [5.74, 6) is 2.33. The van der Waals surface area contributed by atoms with Crippen molar-refractivity contribution in [3.63, 3.8) is 0 Å². The molecule has 1 rings (SSSR count). The molecule has 4 heteroatoms. The molecule has 3 nitrogen and oxygen atoms in total. The highest BCUT2D eigenvalue weighted by molar-refractivity contribution is 8.00. The summed E-state index contributed by atoms with van der Waals surface area (Å²) in [6, 6.07) is 7.87. The van der Waals surface area contributed by atoms with Crippen molar-refractivity contribution in [1.82, 2.24) is 5.32 Å². The number of amides is 1. The van der Waals surface area contributed by atoms with E-state index in [0.717, 1.165) is 10.5 Å². The van der Waals surface area contributed by atoms with Gasteiger partial charge in [-0.3, -0.25) is 4.79 Å². The van der Waals surface area contributed by atoms with Crippen molar-refractivity contribution in [3.8, 4) is 12.3 Å². The first-order chi connectivity index (χ1) is 8.17. The topological polar surface area (TPSA) is 55.1 Å². The van der Waals surface area contributed by atoms with Crippen LogP contribution in [0.1, 0.15) is 12.5 Å². The van der Waals surface area contributed by atoms with Gasteiger partial charge in [-0.25, -0.2) is 0 Å². The highest BCUT2D eigenvalue weighted by Crippen LogP contribution is 2.23. The predicted octanol–water partition coefficient (Wildman–Crippen LogP) is 1.38. The molecule has 1 aromatic rings. The lowest BCUT2D eigenvalue weighted by Gasteiger charge is -2.11. The number of nitrogens with two attached hydrogens (primary N) is 1. The number of thioether (sulfide) groups is 1. The quantitative estimate of drug-likeness (QED) is 0.611. The van der Waals surface area contributed by atoms with E-state index >= 15 is 0 Å². The molecule has 0 aromatic heterocycles. The van der Waals surface area contributed by atoms with Crippen LogP contribution in [0.25, 0.3) is 0 Å². The fourth-order valence-corrected chi connectivity index (χ4v) is 2.26. The lowest BCUT2D eigenvalue weighted by molar-refractivity contribution is -0.120. The van der Waals surface area contributed by atoms with Crippen LogP contribution in [-0.4, -0.2) is 17.7 Å². The summed E-state index contributed by atoms with van der Waals surface area (Å²) in [6.07, 6.45) is 5.08. The molecule has 0 heterocycles. The van der Waals surface area contributed by atoms with Gasteiger partial charge < -0.3 is 11.1 Å². The summed E-state index contributed by atoms with van der Waals surface area (Å²) in [7, 11) is 0. The van der Waals surface area contributed by atoms with E-state index in [4.69, 9.17) is 12.2 Å². The number of carbonyl (C=O) groups excluding carboxylic acids is 1. The zero-order valence-corrected chi connectivity index (χ0v) is 10.6. The molecular formula is C13H16N2OS. The van der Waals surface area contributed by atoms with Crippen LogP contribution in [0, 0.1) is 12.3 Å². The van der Waals surface area contributed by atoms with Crippen molar-refractivity contribution < 1.29 is 4.79 Å². The summed E-state index contributed by atoms with van der Waals surface area (Å²) in [4.78, 5) is 12.6. The Bertz CT molecular complexity index is 426. The fraction of sp³-hybridized carbons (Fsp3) is 0.308. The van der Waals surface area contributed by atoms with E-state index in [9.17, 15) is 4.79 Å². The average molecular weight is 248 g/mol. The van der Waals surface area contributed by atoms with Crippen LogP contribution in [0.4, 0.5) is 0 Å². The lowest BCUT2D eigenvalue weighted by atomic mass is 10.2. The predicted molar refractivity (Wildman–Crippen MR) is 71.5 cm³/mol. The maximum absolute atomic E-state index is 11.6. The van der Waals surface area contributed by atoms with Gasteiger partial charge in [-0.2, -0.15) is 0 Å². The van der Waals surface area contributed by atoms with Crippen LogP contribution in [0.2, 0.25) is 0 Å². The van der Waals surface area contributed by atoms with Gasteiger partial charge >= 0.3 is 0 Å². The van der Waals surface area contributed by atoms with Gasteiger partial charge in [0.25, 0.3) is 0 Å². The monoisotopic (exact) mass is 248 g/mol. The lowest BCUT2D eigenvalue weighted by Crippen LogP contribution is -2.31. The molecule has 3 N–H and O–H groups in total. The maximum atomic E-state index is 11.6. The minimum Gasteiger partial charge on any atom is -0.344 e. The van der Waals surface area contributed by atoms with Gasteiger partial charge in [0.05, 0.1) is 11.8 Å². The minimum atomic E-state index is -0.170. The van der Waals surface area contributed by atoms with Crippen molar-refractivity contribution in [1.29, 1.82) is 0 Å². The summed E-state index contributed by atoms with van der Waals surface area (Å²) in [5.41, 5.74) is 6.63. The second-order valence-electron chi connectivity index (χ2n) is 3.53. The van der Waals surface area contributed by atoms with E-state index in [2.05, 4.69) is 11.2 Å². The second kappa shape index (κ2) is 7.00. The number of hydrogen-bond acceptors (Lipinski definition) is 3. The fourth-order valence-electron chi connectivity index (χ4n) is 1.29. The van der Waals surface area contributed by atoms with Crippen molar-refractivity contribution in [2.75, 3.05) is 6.54 Å². The maximum Gasteiger partial charge on any atom is 0.233 e. The molecule has 0 aliphatic heterocycles. The van der Waals surface area contributed by atoms with E-state index in [1.165, 1.54) is 11.8 Å². The zero-order chi connectivity index (χ0) is 12.7.